The molecule has 4 heterocycles. The van der Waals surface area contributed by atoms with E-state index in [0.717, 1.165) is 47.7 Å². The highest BCUT2D eigenvalue weighted by Crippen LogP contribution is 2.38. The van der Waals surface area contributed by atoms with E-state index in [-0.39, 0.29) is 5.92 Å². The predicted molar refractivity (Wildman–Crippen MR) is 133 cm³/mol. The third-order valence-corrected chi connectivity index (χ3v) is 6.83. The molecule has 0 unspecified atom stereocenters. The van der Waals surface area contributed by atoms with Crippen molar-refractivity contribution in [3.63, 3.8) is 0 Å². The topological polar surface area (TPSA) is 94.4 Å². The second-order valence-electron chi connectivity index (χ2n) is 9.33. The van der Waals surface area contributed by atoms with Crippen molar-refractivity contribution in [1.82, 2.24) is 29.3 Å². The van der Waals surface area contributed by atoms with E-state index in [0.29, 0.717) is 22.4 Å². The Morgan fingerprint density at radius 2 is 2.03 bits per heavy atom. The molecule has 1 atom stereocenters. The summed E-state index contributed by atoms with van der Waals surface area (Å²) in [5.41, 5.74) is 3.64. The van der Waals surface area contributed by atoms with Crippen molar-refractivity contribution in [3.8, 4) is 29.2 Å². The van der Waals surface area contributed by atoms with Gasteiger partial charge in [0.2, 0.25) is 5.88 Å². The van der Waals surface area contributed by atoms with E-state index >= 15 is 0 Å². The minimum atomic E-state index is -0.603. The number of methoxy groups -OCH3 is 1. The number of hydrogen-bond acceptors (Lipinski definition) is 6. The number of aryl methyl sites for hydroxylation is 2. The Morgan fingerprint density at radius 1 is 1.20 bits per heavy atom. The average molecular weight is 488 g/mol. The van der Waals surface area contributed by atoms with Gasteiger partial charge in [-0.15, -0.1) is 5.10 Å². The number of nitriles is 1. The van der Waals surface area contributed by atoms with E-state index in [1.807, 2.05) is 66.5 Å². The fraction of sp³-hybridized carbons (Fsp3) is 0.346. The first kappa shape index (κ1) is 23.1. The molecule has 178 valence electrons. The van der Waals surface area contributed by atoms with Crippen LogP contribution in [0, 0.1) is 18.3 Å². The molecule has 0 radical (unpaired) electrons. The van der Waals surface area contributed by atoms with E-state index in [1.165, 1.54) is 0 Å². The van der Waals surface area contributed by atoms with Crippen LogP contribution < -0.4 is 4.74 Å². The van der Waals surface area contributed by atoms with E-state index in [2.05, 4.69) is 16.0 Å². The minimum Gasteiger partial charge on any atom is -0.479 e. The lowest BCUT2D eigenvalue weighted by Crippen LogP contribution is -2.19. The summed E-state index contributed by atoms with van der Waals surface area (Å²) < 4.78 is 9.40. The summed E-state index contributed by atoms with van der Waals surface area (Å²) in [4.78, 5) is 13.9. The van der Waals surface area contributed by atoms with Gasteiger partial charge in [0.1, 0.15) is 17.2 Å². The maximum absolute atomic E-state index is 9.48. The highest BCUT2D eigenvalue weighted by Gasteiger charge is 2.29. The van der Waals surface area contributed by atoms with Crippen LogP contribution in [0.1, 0.15) is 55.3 Å². The Balaban J connectivity index is 1.50. The molecule has 0 fully saturated rings. The van der Waals surface area contributed by atoms with Gasteiger partial charge in [-0.1, -0.05) is 23.7 Å². The molecule has 35 heavy (non-hydrogen) atoms. The fourth-order valence-electron chi connectivity index (χ4n) is 4.47. The average Bonchev–Trinajstić information content (AvgIpc) is 3.50. The molecule has 1 aromatic carbocycles. The highest BCUT2D eigenvalue weighted by atomic mass is 35.5. The van der Waals surface area contributed by atoms with Crippen molar-refractivity contribution in [3.05, 3.63) is 70.5 Å². The summed E-state index contributed by atoms with van der Waals surface area (Å²) >= 11 is 6.73. The van der Waals surface area contributed by atoms with Crippen molar-refractivity contribution in [2.45, 2.75) is 51.5 Å². The lowest BCUT2D eigenvalue weighted by molar-refractivity contribution is 0.396. The molecular formula is C26H26ClN7O. The van der Waals surface area contributed by atoms with Gasteiger partial charge >= 0.3 is 0 Å². The quantitative estimate of drug-likeness (QED) is 0.383. The second-order valence-corrected chi connectivity index (χ2v) is 9.74. The second kappa shape index (κ2) is 8.82. The zero-order valence-electron chi connectivity index (χ0n) is 20.2. The number of ether oxygens (including phenoxy) is 1. The Kier molecular flexibility index (Phi) is 5.81. The standard InChI is InChI=1S/C26H26ClN7O/c1-16-13-33(15-29-16)22-10-9-21(30-25(22)35-4)23-31-24-19(6-5-11-34(24)32-23)18-8-7-17(12-20(18)27)26(2,3)14-28/h7-10,12-13,15,19H,5-6,11H2,1-4H3/t19-/m1/s1. The van der Waals surface area contributed by atoms with E-state index in [9.17, 15) is 5.26 Å². The Morgan fingerprint density at radius 3 is 2.71 bits per heavy atom. The normalized spacial score (nSPS) is 15.5. The molecular weight excluding hydrogens is 462 g/mol. The van der Waals surface area contributed by atoms with Crippen LogP contribution in [-0.2, 0) is 12.0 Å². The summed E-state index contributed by atoms with van der Waals surface area (Å²) in [7, 11) is 1.60. The third-order valence-electron chi connectivity index (χ3n) is 6.50. The molecule has 0 saturated heterocycles. The van der Waals surface area contributed by atoms with Crippen molar-refractivity contribution in [1.29, 1.82) is 5.26 Å². The SMILES string of the molecule is COc1nc(-c2nc3n(n2)CCC[C@@H]3c2ccc(C(C)(C)C#N)cc2Cl)ccc1-n1cnc(C)c1. The van der Waals surface area contributed by atoms with Gasteiger partial charge in [0.05, 0.1) is 30.6 Å². The van der Waals surface area contributed by atoms with Gasteiger partial charge in [-0.3, -0.25) is 0 Å². The van der Waals surface area contributed by atoms with E-state index in [1.54, 1.807) is 13.4 Å². The zero-order valence-corrected chi connectivity index (χ0v) is 20.9. The maximum atomic E-state index is 9.48. The van der Waals surface area contributed by atoms with Crippen LogP contribution in [0.4, 0.5) is 0 Å². The Bertz CT molecular complexity index is 1450. The summed E-state index contributed by atoms with van der Waals surface area (Å²) in [5.74, 6) is 1.92. The highest BCUT2D eigenvalue weighted by molar-refractivity contribution is 6.31. The molecule has 1 aliphatic heterocycles. The summed E-state index contributed by atoms with van der Waals surface area (Å²) in [6, 6.07) is 12.1. The number of rotatable bonds is 5. The van der Waals surface area contributed by atoms with Crippen molar-refractivity contribution >= 4 is 11.6 Å². The molecule has 3 aromatic heterocycles. The summed E-state index contributed by atoms with van der Waals surface area (Å²) in [5, 5.41) is 14.9. The summed E-state index contributed by atoms with van der Waals surface area (Å²) in [6.45, 7) is 6.51. The largest absolute Gasteiger partial charge is 0.479 e. The monoisotopic (exact) mass is 487 g/mol. The number of nitrogens with zero attached hydrogens (tertiary/aromatic N) is 7. The lowest BCUT2D eigenvalue weighted by atomic mass is 9.84. The first-order valence-corrected chi connectivity index (χ1v) is 11.9. The number of pyridine rings is 1. The van der Waals surface area contributed by atoms with Crippen LogP contribution in [-0.4, -0.2) is 36.4 Å². The number of hydrogen-bond donors (Lipinski definition) is 0. The van der Waals surface area contributed by atoms with Gasteiger partial charge in [0.15, 0.2) is 5.82 Å². The zero-order chi connectivity index (χ0) is 24.7. The molecule has 0 spiro atoms. The van der Waals surface area contributed by atoms with Crippen molar-refractivity contribution < 1.29 is 4.74 Å². The van der Waals surface area contributed by atoms with Gasteiger partial charge in [-0.25, -0.2) is 19.6 Å². The molecule has 1 aliphatic rings. The first-order valence-electron chi connectivity index (χ1n) is 11.5. The first-order chi connectivity index (χ1) is 16.8. The molecule has 9 heteroatoms. The number of fused-ring (bicyclic) bond motifs is 1. The Hall–Kier alpha value is -3.70. The van der Waals surface area contributed by atoms with Gasteiger partial charge in [0.25, 0.3) is 0 Å². The van der Waals surface area contributed by atoms with Gasteiger partial charge in [-0.2, -0.15) is 5.26 Å². The minimum absolute atomic E-state index is 0.0202. The smallest absolute Gasteiger partial charge is 0.238 e. The van der Waals surface area contributed by atoms with Crippen LogP contribution in [0.25, 0.3) is 17.2 Å². The number of aromatic nitrogens is 6. The van der Waals surface area contributed by atoms with Crippen LogP contribution >= 0.6 is 11.6 Å². The van der Waals surface area contributed by atoms with Crippen molar-refractivity contribution in [2.75, 3.05) is 7.11 Å². The Labute approximate surface area is 209 Å². The van der Waals surface area contributed by atoms with Gasteiger partial charge in [0, 0.05) is 23.7 Å². The summed E-state index contributed by atoms with van der Waals surface area (Å²) in [6.07, 6.45) is 5.55. The molecule has 8 nitrogen and oxygen atoms in total. The van der Waals surface area contributed by atoms with Crippen LogP contribution in [0.3, 0.4) is 0 Å². The van der Waals surface area contributed by atoms with Crippen molar-refractivity contribution in [2.24, 2.45) is 0 Å². The number of halogens is 1. The molecule has 0 aliphatic carbocycles. The van der Waals surface area contributed by atoms with Crippen LogP contribution in [0.15, 0.2) is 42.9 Å². The van der Waals surface area contributed by atoms with Gasteiger partial charge < -0.3 is 9.30 Å². The molecule has 0 bridgehead atoms. The van der Waals surface area contributed by atoms with E-state index < -0.39 is 5.41 Å². The molecule has 0 N–H and O–H groups in total. The van der Waals surface area contributed by atoms with E-state index in [4.69, 9.17) is 26.4 Å². The number of imidazole rings is 1. The van der Waals surface area contributed by atoms with Crippen LogP contribution in [0.2, 0.25) is 5.02 Å². The maximum Gasteiger partial charge on any atom is 0.238 e. The molecule has 0 saturated carbocycles. The molecule has 0 amide bonds. The molecule has 5 rings (SSSR count). The van der Waals surface area contributed by atoms with Crippen LogP contribution in [0.5, 0.6) is 5.88 Å². The van der Waals surface area contributed by atoms with Gasteiger partial charge in [-0.05, 0) is 62.9 Å². The third kappa shape index (κ3) is 4.17. The fourth-order valence-corrected chi connectivity index (χ4v) is 4.79. The number of benzene rings is 1. The predicted octanol–water partition coefficient (Wildman–Crippen LogP) is 5.22. The lowest BCUT2D eigenvalue weighted by Gasteiger charge is -2.24. The molecule has 4 aromatic rings.